The molecule has 0 aromatic carbocycles. The van der Waals surface area contributed by atoms with Crippen molar-refractivity contribution in [3.05, 3.63) is 11.1 Å². The minimum absolute atomic E-state index is 0.218. The Balaban J connectivity index is 2.65. The van der Waals surface area contributed by atoms with Crippen molar-refractivity contribution in [3.8, 4) is 0 Å². The minimum Gasteiger partial charge on any atom is -0.377 e. The molecule has 0 saturated heterocycles. The minimum atomic E-state index is 0.218. The monoisotopic (exact) mass is 156 g/mol. The summed E-state index contributed by atoms with van der Waals surface area (Å²) in [5.41, 5.74) is 2.75. The summed E-state index contributed by atoms with van der Waals surface area (Å²) in [4.78, 5) is 0. The summed E-state index contributed by atoms with van der Waals surface area (Å²) in [6.07, 6.45) is 1.28. The lowest BCUT2D eigenvalue weighted by atomic mass is 10.0. The number of hydrogen-bond donors (Lipinski definition) is 0. The Kier molecular flexibility index (Phi) is 3.09. The first kappa shape index (κ1) is 8.75. The van der Waals surface area contributed by atoms with Gasteiger partial charge in [-0.3, -0.25) is 0 Å². The molecule has 1 unspecified atom stereocenters. The fraction of sp³-hybridized carbons (Fsp3) is 0.778. The Labute approximate surface area is 68.2 Å². The molecule has 1 heterocycles. The number of methoxy groups -OCH3 is 1. The van der Waals surface area contributed by atoms with Gasteiger partial charge in [0.25, 0.3) is 0 Å². The summed E-state index contributed by atoms with van der Waals surface area (Å²) in [5.74, 6) is 0. The Hall–Kier alpha value is -0.340. The van der Waals surface area contributed by atoms with E-state index in [1.165, 1.54) is 11.1 Å². The fourth-order valence-corrected chi connectivity index (χ4v) is 1.30. The molecule has 0 N–H and O–H groups in total. The highest BCUT2D eigenvalue weighted by molar-refractivity contribution is 5.18. The van der Waals surface area contributed by atoms with E-state index in [4.69, 9.17) is 9.47 Å². The smallest absolute Gasteiger partial charge is 0.0777 e. The topological polar surface area (TPSA) is 18.5 Å². The molecule has 2 nitrogen and oxygen atoms in total. The SMILES string of the molecule is COC(C)C1=C(C)CCOC1. The lowest BCUT2D eigenvalue weighted by Crippen LogP contribution is -2.20. The standard InChI is InChI=1S/C9H16O2/c1-7-4-5-11-6-9(7)8(2)10-3/h8H,4-6H2,1-3H3. The number of hydrogen-bond acceptors (Lipinski definition) is 2. The van der Waals surface area contributed by atoms with Crippen LogP contribution in [0.1, 0.15) is 20.3 Å². The van der Waals surface area contributed by atoms with Gasteiger partial charge >= 0.3 is 0 Å². The van der Waals surface area contributed by atoms with E-state index in [-0.39, 0.29) is 6.10 Å². The number of ether oxygens (including phenoxy) is 2. The second-order valence-electron chi connectivity index (χ2n) is 2.99. The summed E-state index contributed by atoms with van der Waals surface area (Å²) in [6.45, 7) is 5.84. The van der Waals surface area contributed by atoms with Crippen LogP contribution in [-0.4, -0.2) is 26.4 Å². The molecular formula is C9H16O2. The van der Waals surface area contributed by atoms with Crippen LogP contribution in [0.25, 0.3) is 0 Å². The van der Waals surface area contributed by atoms with Crippen molar-refractivity contribution in [2.75, 3.05) is 20.3 Å². The third-order valence-corrected chi connectivity index (χ3v) is 2.27. The zero-order valence-corrected chi connectivity index (χ0v) is 7.52. The third-order valence-electron chi connectivity index (χ3n) is 2.27. The van der Waals surface area contributed by atoms with Crippen LogP contribution in [0, 0.1) is 0 Å². The highest BCUT2D eigenvalue weighted by Crippen LogP contribution is 2.19. The van der Waals surface area contributed by atoms with E-state index in [0.29, 0.717) is 0 Å². The first-order valence-corrected chi connectivity index (χ1v) is 4.04. The molecule has 0 fully saturated rings. The quantitative estimate of drug-likeness (QED) is 0.567. The average molecular weight is 156 g/mol. The van der Waals surface area contributed by atoms with Crippen molar-refractivity contribution in [2.45, 2.75) is 26.4 Å². The lowest BCUT2D eigenvalue weighted by molar-refractivity contribution is 0.0944. The van der Waals surface area contributed by atoms with Crippen LogP contribution in [0.4, 0.5) is 0 Å². The Bertz CT molecular complexity index is 161. The summed E-state index contributed by atoms with van der Waals surface area (Å²) >= 11 is 0. The van der Waals surface area contributed by atoms with Gasteiger partial charge in [0.05, 0.1) is 19.3 Å². The molecule has 0 aromatic rings. The van der Waals surface area contributed by atoms with Gasteiger partial charge in [0.2, 0.25) is 0 Å². The molecule has 0 bridgehead atoms. The summed E-state index contributed by atoms with van der Waals surface area (Å²) in [6, 6.07) is 0. The Morgan fingerprint density at radius 3 is 2.82 bits per heavy atom. The van der Waals surface area contributed by atoms with Gasteiger partial charge < -0.3 is 9.47 Å². The van der Waals surface area contributed by atoms with Crippen molar-refractivity contribution in [1.82, 2.24) is 0 Å². The molecule has 1 atom stereocenters. The molecule has 0 saturated carbocycles. The Morgan fingerprint density at radius 1 is 1.55 bits per heavy atom. The highest BCUT2D eigenvalue weighted by atomic mass is 16.5. The van der Waals surface area contributed by atoms with Crippen molar-refractivity contribution >= 4 is 0 Å². The first-order valence-electron chi connectivity index (χ1n) is 4.04. The molecule has 0 aliphatic carbocycles. The molecule has 0 amide bonds. The van der Waals surface area contributed by atoms with Gasteiger partial charge in [-0.15, -0.1) is 0 Å². The normalized spacial score (nSPS) is 22.1. The molecule has 0 radical (unpaired) electrons. The van der Waals surface area contributed by atoms with E-state index in [1.807, 2.05) is 0 Å². The van der Waals surface area contributed by atoms with E-state index < -0.39 is 0 Å². The predicted molar refractivity (Wildman–Crippen MR) is 44.6 cm³/mol. The van der Waals surface area contributed by atoms with Crippen molar-refractivity contribution in [2.24, 2.45) is 0 Å². The van der Waals surface area contributed by atoms with E-state index in [2.05, 4.69) is 13.8 Å². The molecule has 64 valence electrons. The molecule has 1 aliphatic heterocycles. The van der Waals surface area contributed by atoms with Crippen LogP contribution in [-0.2, 0) is 9.47 Å². The summed E-state index contributed by atoms with van der Waals surface area (Å²) < 4.78 is 10.6. The van der Waals surface area contributed by atoms with Crippen LogP contribution in [0.2, 0.25) is 0 Å². The van der Waals surface area contributed by atoms with Gasteiger partial charge in [-0.25, -0.2) is 0 Å². The molecular weight excluding hydrogens is 140 g/mol. The zero-order chi connectivity index (χ0) is 8.27. The van der Waals surface area contributed by atoms with Crippen LogP contribution >= 0.6 is 0 Å². The van der Waals surface area contributed by atoms with Crippen molar-refractivity contribution in [3.63, 3.8) is 0 Å². The maximum absolute atomic E-state index is 5.34. The molecule has 11 heavy (non-hydrogen) atoms. The molecule has 0 aromatic heterocycles. The van der Waals surface area contributed by atoms with Gasteiger partial charge in [0.1, 0.15) is 0 Å². The summed E-state index contributed by atoms with van der Waals surface area (Å²) in [5, 5.41) is 0. The van der Waals surface area contributed by atoms with E-state index >= 15 is 0 Å². The molecule has 0 spiro atoms. The molecule has 1 aliphatic rings. The summed E-state index contributed by atoms with van der Waals surface area (Å²) in [7, 11) is 1.74. The second-order valence-corrected chi connectivity index (χ2v) is 2.99. The van der Waals surface area contributed by atoms with Crippen molar-refractivity contribution in [1.29, 1.82) is 0 Å². The van der Waals surface area contributed by atoms with Crippen molar-refractivity contribution < 1.29 is 9.47 Å². The Morgan fingerprint density at radius 2 is 2.27 bits per heavy atom. The van der Waals surface area contributed by atoms with Gasteiger partial charge in [-0.2, -0.15) is 0 Å². The van der Waals surface area contributed by atoms with E-state index in [9.17, 15) is 0 Å². The highest BCUT2D eigenvalue weighted by Gasteiger charge is 2.14. The van der Waals surface area contributed by atoms with Gasteiger partial charge in [0, 0.05) is 7.11 Å². The van der Waals surface area contributed by atoms with Crippen LogP contribution in [0.15, 0.2) is 11.1 Å². The van der Waals surface area contributed by atoms with Gasteiger partial charge in [-0.1, -0.05) is 5.57 Å². The lowest BCUT2D eigenvalue weighted by Gasteiger charge is -2.22. The van der Waals surface area contributed by atoms with Crippen LogP contribution in [0.3, 0.4) is 0 Å². The zero-order valence-electron chi connectivity index (χ0n) is 7.52. The second kappa shape index (κ2) is 3.88. The maximum Gasteiger partial charge on any atom is 0.0777 e. The van der Waals surface area contributed by atoms with Crippen LogP contribution < -0.4 is 0 Å². The fourth-order valence-electron chi connectivity index (χ4n) is 1.30. The first-order chi connectivity index (χ1) is 5.25. The van der Waals surface area contributed by atoms with Crippen LogP contribution in [0.5, 0.6) is 0 Å². The van der Waals surface area contributed by atoms with Gasteiger partial charge in [-0.05, 0) is 25.8 Å². The largest absolute Gasteiger partial charge is 0.377 e. The van der Waals surface area contributed by atoms with Gasteiger partial charge in [0.15, 0.2) is 0 Å². The molecule has 2 heteroatoms. The number of rotatable bonds is 2. The van der Waals surface area contributed by atoms with E-state index in [0.717, 1.165) is 19.6 Å². The predicted octanol–water partition coefficient (Wildman–Crippen LogP) is 1.76. The molecule has 1 rings (SSSR count). The van der Waals surface area contributed by atoms with E-state index in [1.54, 1.807) is 7.11 Å². The third kappa shape index (κ3) is 2.04. The average Bonchev–Trinajstić information content (AvgIpc) is 2.04. The maximum atomic E-state index is 5.34.